The average Bonchev–Trinajstić information content (AvgIpc) is 2.93. The van der Waals surface area contributed by atoms with Gasteiger partial charge in [-0.3, -0.25) is 19.2 Å². The number of allylic oxidation sites excluding steroid dienone is 1. The van der Waals surface area contributed by atoms with Gasteiger partial charge in [0.05, 0.1) is 27.4 Å². The number of nitrogens with zero attached hydrogens (tertiary/aromatic N) is 1. The van der Waals surface area contributed by atoms with Crippen LogP contribution in [0.3, 0.4) is 0 Å². The molecule has 1 fully saturated rings. The standard InChI is InChI=1S/C28H38N2O8/c1-5-37-25(32)12-13-28(27(34)38-6-2)17-20(26(33)30-14-8-7-9-23(28)30)16-24(31)29-18-19-10-11-21(35-3)22(15-19)36-4/h9-11,15,20H,5-8,12-14,16-18H2,1-4H3,(H,29,31)/t20-,28-/m1/s1. The van der Waals surface area contributed by atoms with Crippen LogP contribution in [0.25, 0.3) is 0 Å². The van der Waals surface area contributed by atoms with Gasteiger partial charge in [-0.25, -0.2) is 0 Å². The molecule has 0 aliphatic carbocycles. The van der Waals surface area contributed by atoms with Gasteiger partial charge in [0.2, 0.25) is 11.8 Å². The summed E-state index contributed by atoms with van der Waals surface area (Å²) in [5.74, 6) is -1.00. The first-order chi connectivity index (χ1) is 18.3. The number of hydrogen-bond acceptors (Lipinski definition) is 8. The van der Waals surface area contributed by atoms with Crippen molar-refractivity contribution in [1.82, 2.24) is 10.2 Å². The molecule has 2 atom stereocenters. The largest absolute Gasteiger partial charge is 0.493 e. The summed E-state index contributed by atoms with van der Waals surface area (Å²) in [5, 5.41) is 2.87. The Morgan fingerprint density at radius 3 is 2.50 bits per heavy atom. The van der Waals surface area contributed by atoms with E-state index < -0.39 is 23.3 Å². The highest BCUT2D eigenvalue weighted by atomic mass is 16.5. The minimum Gasteiger partial charge on any atom is -0.493 e. The van der Waals surface area contributed by atoms with Gasteiger partial charge in [-0.05, 0) is 57.2 Å². The van der Waals surface area contributed by atoms with Crippen LogP contribution in [-0.4, -0.2) is 62.6 Å². The van der Waals surface area contributed by atoms with Gasteiger partial charge in [-0.15, -0.1) is 0 Å². The number of amides is 2. The van der Waals surface area contributed by atoms with Gasteiger partial charge < -0.3 is 29.2 Å². The second-order valence-corrected chi connectivity index (χ2v) is 9.40. The lowest BCUT2D eigenvalue weighted by Crippen LogP contribution is -2.54. The highest BCUT2D eigenvalue weighted by Gasteiger charge is 2.54. The third kappa shape index (κ3) is 6.46. The van der Waals surface area contributed by atoms with E-state index in [9.17, 15) is 19.2 Å². The molecule has 0 spiro atoms. The monoisotopic (exact) mass is 530 g/mol. The Morgan fingerprint density at radius 1 is 1.08 bits per heavy atom. The molecule has 2 aliphatic heterocycles. The number of benzene rings is 1. The highest BCUT2D eigenvalue weighted by molar-refractivity contribution is 5.92. The van der Waals surface area contributed by atoms with Crippen molar-refractivity contribution in [3.8, 4) is 11.5 Å². The number of nitrogens with one attached hydrogen (secondary N) is 1. The molecule has 10 heteroatoms. The van der Waals surface area contributed by atoms with Crippen LogP contribution in [0.2, 0.25) is 0 Å². The van der Waals surface area contributed by atoms with Crippen LogP contribution in [0.15, 0.2) is 30.0 Å². The van der Waals surface area contributed by atoms with E-state index in [4.69, 9.17) is 18.9 Å². The van der Waals surface area contributed by atoms with Crippen molar-refractivity contribution in [2.45, 2.75) is 58.9 Å². The molecule has 2 heterocycles. The molecule has 2 aliphatic rings. The molecule has 2 amide bonds. The van der Waals surface area contributed by atoms with E-state index in [0.29, 0.717) is 23.7 Å². The third-order valence-electron chi connectivity index (χ3n) is 7.01. The minimum atomic E-state index is -1.20. The van der Waals surface area contributed by atoms with E-state index in [-0.39, 0.29) is 57.3 Å². The summed E-state index contributed by atoms with van der Waals surface area (Å²) in [4.78, 5) is 53.7. The zero-order valence-corrected chi connectivity index (χ0v) is 22.7. The number of ether oxygens (including phenoxy) is 4. The number of esters is 2. The Balaban J connectivity index is 1.80. The van der Waals surface area contributed by atoms with Crippen molar-refractivity contribution in [3.63, 3.8) is 0 Å². The molecule has 1 aromatic rings. The van der Waals surface area contributed by atoms with Crippen molar-refractivity contribution in [1.29, 1.82) is 0 Å². The summed E-state index contributed by atoms with van der Waals surface area (Å²) in [7, 11) is 3.09. The van der Waals surface area contributed by atoms with E-state index in [1.165, 1.54) is 7.11 Å². The van der Waals surface area contributed by atoms with Gasteiger partial charge in [0.1, 0.15) is 5.41 Å². The molecule has 10 nitrogen and oxygen atoms in total. The van der Waals surface area contributed by atoms with Crippen molar-refractivity contribution < 1.29 is 38.1 Å². The number of piperidine rings is 1. The first kappa shape index (κ1) is 29.0. The molecule has 3 rings (SSSR count). The van der Waals surface area contributed by atoms with Gasteiger partial charge in [0, 0.05) is 37.5 Å². The van der Waals surface area contributed by atoms with Crippen molar-refractivity contribution >= 4 is 23.8 Å². The van der Waals surface area contributed by atoms with E-state index in [0.717, 1.165) is 18.4 Å². The van der Waals surface area contributed by atoms with Gasteiger partial charge in [0.25, 0.3) is 0 Å². The smallest absolute Gasteiger partial charge is 0.318 e. The molecule has 38 heavy (non-hydrogen) atoms. The lowest BCUT2D eigenvalue weighted by molar-refractivity contribution is -0.162. The van der Waals surface area contributed by atoms with Crippen LogP contribution >= 0.6 is 0 Å². The fourth-order valence-electron chi connectivity index (χ4n) is 5.22. The first-order valence-corrected chi connectivity index (χ1v) is 13.1. The molecule has 0 saturated carbocycles. The summed E-state index contributed by atoms with van der Waals surface area (Å²) in [5.41, 5.74) is 0.187. The normalized spacial score (nSPS) is 20.6. The highest BCUT2D eigenvalue weighted by Crippen LogP contribution is 2.49. The van der Waals surface area contributed by atoms with Crippen molar-refractivity contribution in [2.24, 2.45) is 11.3 Å². The van der Waals surface area contributed by atoms with Crippen LogP contribution in [0.1, 0.15) is 57.9 Å². The second kappa shape index (κ2) is 13.3. The Labute approximate surface area is 223 Å². The zero-order valence-electron chi connectivity index (χ0n) is 22.7. The molecule has 0 unspecified atom stereocenters. The lowest BCUT2D eigenvalue weighted by Gasteiger charge is -2.47. The predicted molar refractivity (Wildman–Crippen MR) is 138 cm³/mol. The van der Waals surface area contributed by atoms with Crippen molar-refractivity contribution in [2.75, 3.05) is 34.0 Å². The molecule has 0 aromatic heterocycles. The number of carbonyl (C=O) groups is 4. The van der Waals surface area contributed by atoms with E-state index >= 15 is 0 Å². The molecule has 1 aromatic carbocycles. The van der Waals surface area contributed by atoms with Gasteiger partial charge >= 0.3 is 11.9 Å². The molecule has 1 saturated heterocycles. The maximum atomic E-state index is 13.5. The van der Waals surface area contributed by atoms with Crippen molar-refractivity contribution in [3.05, 3.63) is 35.5 Å². The molecule has 208 valence electrons. The van der Waals surface area contributed by atoms with Crippen LogP contribution in [-0.2, 0) is 35.2 Å². The maximum Gasteiger partial charge on any atom is 0.318 e. The zero-order chi connectivity index (χ0) is 27.7. The van der Waals surface area contributed by atoms with Gasteiger partial charge in [0.15, 0.2) is 11.5 Å². The molecular formula is C28H38N2O8. The fraction of sp³-hybridized carbons (Fsp3) is 0.571. The Morgan fingerprint density at radius 2 is 1.82 bits per heavy atom. The Kier molecular flexibility index (Phi) is 10.2. The summed E-state index contributed by atoms with van der Waals surface area (Å²) in [6.07, 6.45) is 3.53. The molecule has 1 N–H and O–H groups in total. The van der Waals surface area contributed by atoms with Crippen LogP contribution in [0, 0.1) is 11.3 Å². The molecule has 0 radical (unpaired) electrons. The summed E-state index contributed by atoms with van der Waals surface area (Å²) in [6, 6.07) is 5.35. The van der Waals surface area contributed by atoms with Gasteiger partial charge in [-0.1, -0.05) is 12.1 Å². The summed E-state index contributed by atoms with van der Waals surface area (Å²) < 4.78 is 21.1. The summed E-state index contributed by atoms with van der Waals surface area (Å²) in [6.45, 7) is 4.53. The number of carbonyl (C=O) groups excluding carboxylic acids is 4. The van der Waals surface area contributed by atoms with E-state index in [2.05, 4.69) is 5.32 Å². The minimum absolute atomic E-state index is 0.00421. The Bertz CT molecular complexity index is 1070. The van der Waals surface area contributed by atoms with E-state index in [1.807, 2.05) is 12.1 Å². The Hall–Kier alpha value is -3.56. The average molecular weight is 531 g/mol. The SMILES string of the molecule is CCOC(=O)CC[C@@]1(C(=O)OCC)C[C@@H](CC(=O)NCc2ccc(OC)c(OC)c2)C(=O)N2CCCC=C21. The molecular weight excluding hydrogens is 492 g/mol. The summed E-state index contributed by atoms with van der Waals surface area (Å²) >= 11 is 0. The quantitative estimate of drug-likeness (QED) is 0.409. The number of methoxy groups -OCH3 is 2. The number of rotatable bonds is 12. The van der Waals surface area contributed by atoms with Gasteiger partial charge in [-0.2, -0.15) is 0 Å². The predicted octanol–water partition coefficient (Wildman–Crippen LogP) is 3.13. The second-order valence-electron chi connectivity index (χ2n) is 9.40. The van der Waals surface area contributed by atoms with E-state index in [1.54, 1.807) is 38.0 Å². The van der Waals surface area contributed by atoms with Crippen LogP contribution in [0.5, 0.6) is 11.5 Å². The number of fused-ring (bicyclic) bond motifs is 1. The van der Waals surface area contributed by atoms with Crippen LogP contribution < -0.4 is 14.8 Å². The fourth-order valence-corrected chi connectivity index (χ4v) is 5.22. The topological polar surface area (TPSA) is 120 Å². The maximum absolute atomic E-state index is 13.5. The van der Waals surface area contributed by atoms with Crippen LogP contribution in [0.4, 0.5) is 0 Å². The number of hydrogen-bond donors (Lipinski definition) is 1. The molecule has 0 bridgehead atoms. The first-order valence-electron chi connectivity index (χ1n) is 13.1. The third-order valence-corrected chi connectivity index (χ3v) is 7.01. The lowest BCUT2D eigenvalue weighted by atomic mass is 9.67.